The Bertz CT molecular complexity index is 623. The second-order valence-corrected chi connectivity index (χ2v) is 5.13. The lowest BCUT2D eigenvalue weighted by Gasteiger charge is -2.17. The molecule has 22 heavy (non-hydrogen) atoms. The Kier molecular flexibility index (Phi) is 5.44. The van der Waals surface area contributed by atoms with E-state index in [0.717, 1.165) is 5.56 Å². The van der Waals surface area contributed by atoms with Crippen LogP contribution in [0, 0.1) is 0 Å². The quantitative estimate of drug-likeness (QED) is 0.656. The summed E-state index contributed by atoms with van der Waals surface area (Å²) in [6, 6.07) is 17.5. The highest BCUT2D eigenvalue weighted by Gasteiger charge is 2.31. The molecule has 4 nitrogen and oxygen atoms in total. The van der Waals surface area contributed by atoms with Crippen molar-refractivity contribution >= 4 is 11.8 Å². The molecule has 2 aromatic rings. The van der Waals surface area contributed by atoms with Crippen molar-refractivity contribution in [3.8, 4) is 0 Å². The van der Waals surface area contributed by atoms with E-state index in [0.29, 0.717) is 5.56 Å². The van der Waals surface area contributed by atoms with Crippen molar-refractivity contribution in [2.24, 2.45) is 5.73 Å². The lowest BCUT2D eigenvalue weighted by Crippen LogP contribution is -2.36. The number of carbonyl (C=O) groups is 2. The zero-order chi connectivity index (χ0) is 15.9. The van der Waals surface area contributed by atoms with Crippen LogP contribution in [0.25, 0.3) is 0 Å². The molecule has 2 aromatic carbocycles. The monoisotopic (exact) mass is 297 g/mol. The number of benzene rings is 2. The lowest BCUT2D eigenvalue weighted by atomic mass is 9.91. The zero-order valence-corrected chi connectivity index (χ0v) is 12.4. The Morgan fingerprint density at radius 1 is 1.00 bits per heavy atom. The standard InChI is InChI=1S/C18H19NO3/c1-13(19)17(20)16(15-10-6-3-7-11-15)18(21)22-12-14-8-4-2-5-9-14/h2-11,13,16H,12,19H2,1H3/t13-,16?/m0/s1. The third-order valence-electron chi connectivity index (χ3n) is 3.33. The van der Waals surface area contributed by atoms with Crippen LogP contribution in [0.15, 0.2) is 60.7 Å². The van der Waals surface area contributed by atoms with Crippen molar-refractivity contribution < 1.29 is 14.3 Å². The number of Topliss-reactive ketones (excluding diaryl/α,β-unsaturated/α-hetero) is 1. The fourth-order valence-corrected chi connectivity index (χ4v) is 2.14. The van der Waals surface area contributed by atoms with Crippen LogP contribution >= 0.6 is 0 Å². The van der Waals surface area contributed by atoms with Crippen LogP contribution in [-0.2, 0) is 20.9 Å². The van der Waals surface area contributed by atoms with Crippen LogP contribution in [-0.4, -0.2) is 17.8 Å². The molecule has 2 atom stereocenters. The average Bonchev–Trinajstić information content (AvgIpc) is 2.55. The van der Waals surface area contributed by atoms with Crippen molar-refractivity contribution in [2.75, 3.05) is 0 Å². The van der Waals surface area contributed by atoms with E-state index in [1.807, 2.05) is 36.4 Å². The molecule has 0 heterocycles. The molecule has 0 spiro atoms. The van der Waals surface area contributed by atoms with Crippen LogP contribution < -0.4 is 5.73 Å². The van der Waals surface area contributed by atoms with Crippen molar-refractivity contribution in [1.82, 2.24) is 0 Å². The molecular weight excluding hydrogens is 278 g/mol. The van der Waals surface area contributed by atoms with E-state index >= 15 is 0 Å². The second-order valence-electron chi connectivity index (χ2n) is 5.13. The molecular formula is C18H19NO3. The summed E-state index contributed by atoms with van der Waals surface area (Å²) in [5, 5.41) is 0. The van der Waals surface area contributed by atoms with Gasteiger partial charge in [0.15, 0.2) is 5.78 Å². The smallest absolute Gasteiger partial charge is 0.321 e. The molecule has 4 heteroatoms. The fourth-order valence-electron chi connectivity index (χ4n) is 2.14. The normalized spacial score (nSPS) is 13.2. The minimum atomic E-state index is -0.982. The predicted octanol–water partition coefficient (Wildman–Crippen LogP) is 2.43. The van der Waals surface area contributed by atoms with E-state index in [1.54, 1.807) is 31.2 Å². The number of hydrogen-bond acceptors (Lipinski definition) is 4. The van der Waals surface area contributed by atoms with Gasteiger partial charge in [0.05, 0.1) is 6.04 Å². The molecule has 0 aromatic heterocycles. The maximum atomic E-state index is 12.4. The molecule has 0 amide bonds. The van der Waals surface area contributed by atoms with Gasteiger partial charge in [-0.15, -0.1) is 0 Å². The topological polar surface area (TPSA) is 69.4 Å². The summed E-state index contributed by atoms with van der Waals surface area (Å²) in [5.74, 6) is -1.90. The molecule has 0 aliphatic rings. The molecule has 0 saturated carbocycles. The highest BCUT2D eigenvalue weighted by molar-refractivity contribution is 6.06. The number of hydrogen-bond donors (Lipinski definition) is 1. The summed E-state index contributed by atoms with van der Waals surface area (Å²) < 4.78 is 5.30. The summed E-state index contributed by atoms with van der Waals surface area (Å²) >= 11 is 0. The van der Waals surface area contributed by atoms with Gasteiger partial charge >= 0.3 is 5.97 Å². The number of rotatable bonds is 6. The van der Waals surface area contributed by atoms with Gasteiger partial charge in [-0.2, -0.15) is 0 Å². The third kappa shape index (κ3) is 4.02. The molecule has 2 N–H and O–H groups in total. The van der Waals surface area contributed by atoms with E-state index in [1.165, 1.54) is 0 Å². The first kappa shape index (κ1) is 15.9. The van der Waals surface area contributed by atoms with Gasteiger partial charge in [0, 0.05) is 0 Å². The Morgan fingerprint density at radius 3 is 2.09 bits per heavy atom. The van der Waals surface area contributed by atoms with Crippen LogP contribution in [0.1, 0.15) is 24.0 Å². The highest BCUT2D eigenvalue weighted by Crippen LogP contribution is 2.20. The van der Waals surface area contributed by atoms with Crippen molar-refractivity contribution in [2.45, 2.75) is 25.5 Å². The van der Waals surface area contributed by atoms with Gasteiger partial charge < -0.3 is 10.5 Å². The third-order valence-corrected chi connectivity index (χ3v) is 3.33. The van der Waals surface area contributed by atoms with Gasteiger partial charge in [-0.1, -0.05) is 60.7 Å². The van der Waals surface area contributed by atoms with Crippen molar-refractivity contribution in [3.05, 3.63) is 71.8 Å². The van der Waals surface area contributed by atoms with Crippen molar-refractivity contribution in [3.63, 3.8) is 0 Å². The van der Waals surface area contributed by atoms with Gasteiger partial charge in [-0.25, -0.2) is 0 Å². The molecule has 0 aliphatic carbocycles. The Balaban J connectivity index is 2.14. The summed E-state index contributed by atoms with van der Waals surface area (Å²) in [4.78, 5) is 24.6. The number of ketones is 1. The Hall–Kier alpha value is -2.46. The Labute approximate surface area is 129 Å². The van der Waals surface area contributed by atoms with Crippen LogP contribution in [0.3, 0.4) is 0 Å². The van der Waals surface area contributed by atoms with Crippen LogP contribution in [0.4, 0.5) is 0 Å². The molecule has 0 bridgehead atoms. The minimum absolute atomic E-state index is 0.134. The van der Waals surface area contributed by atoms with Gasteiger partial charge in [-0.3, -0.25) is 9.59 Å². The van der Waals surface area contributed by atoms with Gasteiger partial charge in [-0.05, 0) is 18.1 Å². The Morgan fingerprint density at radius 2 is 1.55 bits per heavy atom. The summed E-state index contributed by atoms with van der Waals surface area (Å²) in [6.45, 7) is 1.71. The summed E-state index contributed by atoms with van der Waals surface area (Å²) in [5.41, 5.74) is 7.13. The maximum absolute atomic E-state index is 12.4. The molecule has 0 fully saturated rings. The first-order valence-corrected chi connectivity index (χ1v) is 7.14. The number of ether oxygens (including phenoxy) is 1. The minimum Gasteiger partial charge on any atom is -0.460 e. The SMILES string of the molecule is C[C@H](N)C(=O)C(C(=O)OCc1ccccc1)c1ccccc1. The lowest BCUT2D eigenvalue weighted by molar-refractivity contribution is -0.149. The average molecular weight is 297 g/mol. The molecule has 114 valence electrons. The summed E-state index contributed by atoms with van der Waals surface area (Å²) in [6.07, 6.45) is 0. The van der Waals surface area contributed by atoms with Crippen LogP contribution in [0.2, 0.25) is 0 Å². The summed E-state index contributed by atoms with van der Waals surface area (Å²) in [7, 11) is 0. The fraction of sp³-hybridized carbons (Fsp3) is 0.222. The zero-order valence-electron chi connectivity index (χ0n) is 12.4. The van der Waals surface area contributed by atoms with Gasteiger partial charge in [0.2, 0.25) is 0 Å². The second kappa shape index (κ2) is 7.52. The van der Waals surface area contributed by atoms with Gasteiger partial charge in [0.25, 0.3) is 0 Å². The molecule has 1 unspecified atom stereocenters. The molecule has 0 radical (unpaired) electrons. The van der Waals surface area contributed by atoms with E-state index in [4.69, 9.17) is 10.5 Å². The van der Waals surface area contributed by atoms with Gasteiger partial charge in [0.1, 0.15) is 12.5 Å². The molecule has 0 aliphatic heterocycles. The molecule has 0 saturated heterocycles. The van der Waals surface area contributed by atoms with Crippen LogP contribution in [0.5, 0.6) is 0 Å². The first-order chi connectivity index (χ1) is 10.6. The van der Waals surface area contributed by atoms with E-state index < -0.39 is 17.9 Å². The van der Waals surface area contributed by atoms with E-state index in [9.17, 15) is 9.59 Å². The highest BCUT2D eigenvalue weighted by atomic mass is 16.5. The first-order valence-electron chi connectivity index (χ1n) is 7.14. The predicted molar refractivity (Wildman–Crippen MR) is 84.1 cm³/mol. The number of esters is 1. The number of carbonyl (C=O) groups excluding carboxylic acids is 2. The van der Waals surface area contributed by atoms with Crippen molar-refractivity contribution in [1.29, 1.82) is 0 Å². The van der Waals surface area contributed by atoms with E-state index in [2.05, 4.69) is 0 Å². The number of nitrogens with two attached hydrogens (primary N) is 1. The van der Waals surface area contributed by atoms with E-state index in [-0.39, 0.29) is 12.4 Å². The largest absolute Gasteiger partial charge is 0.460 e. The maximum Gasteiger partial charge on any atom is 0.321 e. The molecule has 2 rings (SSSR count).